The van der Waals surface area contributed by atoms with Gasteiger partial charge in [-0.3, -0.25) is 9.69 Å². The number of carbonyl (C=O) groups excluding carboxylic acids is 1. The third-order valence-corrected chi connectivity index (χ3v) is 4.34. The fourth-order valence-corrected chi connectivity index (χ4v) is 2.96. The molecular weight excluding hydrogens is 347 g/mol. The maximum Gasteiger partial charge on any atom is 0.405 e. The van der Waals surface area contributed by atoms with E-state index in [1.165, 1.54) is 4.90 Å². The number of hydrogen-bond donors (Lipinski definition) is 2. The van der Waals surface area contributed by atoms with Gasteiger partial charge in [0.25, 0.3) is 5.91 Å². The Morgan fingerprint density at radius 3 is 2.73 bits per heavy atom. The number of carbonyl (C=O) groups is 1. The number of imidazole rings is 1. The SMILES string of the molecule is O=C(NCC(N1CCNCC1)C(F)(F)F)c1cccc(-n2ccnc2)c1. The standard InChI is InChI=1S/C17H20F3N5O/c18-17(19,20)15(24-7-4-21-5-8-24)11-23-16(26)13-2-1-3-14(10-13)25-9-6-22-12-25/h1-3,6,9-10,12,15,21H,4-5,7-8,11H2,(H,23,26). The zero-order valence-electron chi connectivity index (χ0n) is 14.0. The van der Waals surface area contributed by atoms with Crippen LogP contribution in [-0.4, -0.2) is 65.3 Å². The first-order valence-corrected chi connectivity index (χ1v) is 8.33. The number of amides is 1. The van der Waals surface area contributed by atoms with Gasteiger partial charge in [-0.1, -0.05) is 6.07 Å². The lowest BCUT2D eigenvalue weighted by molar-refractivity contribution is -0.183. The quantitative estimate of drug-likeness (QED) is 0.840. The Hall–Kier alpha value is -2.39. The van der Waals surface area contributed by atoms with E-state index in [2.05, 4.69) is 15.6 Å². The molecule has 1 aliphatic rings. The minimum Gasteiger partial charge on any atom is -0.350 e. The van der Waals surface area contributed by atoms with Gasteiger partial charge in [-0.2, -0.15) is 13.2 Å². The summed E-state index contributed by atoms with van der Waals surface area (Å²) in [5.74, 6) is -0.531. The molecule has 2 heterocycles. The lowest BCUT2D eigenvalue weighted by Crippen LogP contribution is -2.57. The summed E-state index contributed by atoms with van der Waals surface area (Å²) in [6.07, 6.45) is 0.514. The van der Waals surface area contributed by atoms with Crippen LogP contribution in [0, 0.1) is 0 Å². The highest BCUT2D eigenvalue weighted by atomic mass is 19.4. The molecule has 9 heteroatoms. The number of halogens is 3. The maximum absolute atomic E-state index is 13.4. The normalized spacial score (nSPS) is 17.0. The molecule has 0 bridgehead atoms. The molecule has 1 unspecified atom stereocenters. The third-order valence-electron chi connectivity index (χ3n) is 4.34. The van der Waals surface area contributed by atoms with Crippen molar-refractivity contribution in [2.75, 3.05) is 32.7 Å². The molecule has 0 radical (unpaired) electrons. The van der Waals surface area contributed by atoms with Gasteiger partial charge in [-0.25, -0.2) is 4.98 Å². The average Bonchev–Trinajstić information content (AvgIpc) is 3.16. The van der Waals surface area contributed by atoms with Gasteiger partial charge >= 0.3 is 6.18 Å². The van der Waals surface area contributed by atoms with E-state index in [4.69, 9.17) is 0 Å². The summed E-state index contributed by atoms with van der Waals surface area (Å²) in [4.78, 5) is 17.6. The molecule has 1 atom stereocenters. The number of hydrogen-bond acceptors (Lipinski definition) is 4. The van der Waals surface area contributed by atoms with Crippen molar-refractivity contribution in [3.8, 4) is 5.69 Å². The van der Waals surface area contributed by atoms with E-state index < -0.39 is 24.7 Å². The molecule has 140 valence electrons. The number of rotatable bonds is 5. The Morgan fingerprint density at radius 1 is 1.31 bits per heavy atom. The molecule has 0 aliphatic carbocycles. The van der Waals surface area contributed by atoms with Crippen LogP contribution in [0.25, 0.3) is 5.69 Å². The summed E-state index contributed by atoms with van der Waals surface area (Å²) in [6.45, 7) is 1.14. The molecule has 2 N–H and O–H groups in total. The van der Waals surface area contributed by atoms with Crippen molar-refractivity contribution in [1.29, 1.82) is 0 Å². The summed E-state index contributed by atoms with van der Waals surface area (Å²) in [5.41, 5.74) is 1.02. The van der Waals surface area contributed by atoms with Gasteiger partial charge in [0.1, 0.15) is 6.04 Å². The van der Waals surface area contributed by atoms with Crippen LogP contribution in [0.2, 0.25) is 0 Å². The van der Waals surface area contributed by atoms with E-state index in [-0.39, 0.29) is 0 Å². The third kappa shape index (κ3) is 4.41. The lowest BCUT2D eigenvalue weighted by Gasteiger charge is -2.35. The molecule has 1 aromatic carbocycles. The molecule has 1 aromatic heterocycles. The molecule has 0 saturated carbocycles. The zero-order valence-corrected chi connectivity index (χ0v) is 14.0. The second-order valence-electron chi connectivity index (χ2n) is 6.07. The summed E-state index contributed by atoms with van der Waals surface area (Å²) in [7, 11) is 0. The van der Waals surface area contributed by atoms with Crippen LogP contribution in [-0.2, 0) is 0 Å². The zero-order chi connectivity index (χ0) is 18.6. The van der Waals surface area contributed by atoms with Crippen LogP contribution in [0.1, 0.15) is 10.4 Å². The predicted octanol–water partition coefficient (Wildman–Crippen LogP) is 1.44. The number of nitrogens with one attached hydrogen (secondary N) is 2. The van der Waals surface area contributed by atoms with E-state index in [0.29, 0.717) is 37.4 Å². The number of benzene rings is 1. The van der Waals surface area contributed by atoms with Gasteiger partial charge in [0.2, 0.25) is 0 Å². The van der Waals surface area contributed by atoms with Gasteiger partial charge < -0.3 is 15.2 Å². The highest BCUT2D eigenvalue weighted by Gasteiger charge is 2.43. The van der Waals surface area contributed by atoms with Crippen LogP contribution >= 0.6 is 0 Å². The monoisotopic (exact) mass is 367 g/mol. The molecule has 26 heavy (non-hydrogen) atoms. The first-order valence-electron chi connectivity index (χ1n) is 8.33. The highest BCUT2D eigenvalue weighted by molar-refractivity contribution is 5.94. The number of alkyl halides is 3. The van der Waals surface area contributed by atoms with Crippen molar-refractivity contribution in [2.45, 2.75) is 12.2 Å². The first-order chi connectivity index (χ1) is 12.4. The average molecular weight is 367 g/mol. The van der Waals surface area contributed by atoms with Crippen molar-refractivity contribution in [2.24, 2.45) is 0 Å². The molecule has 6 nitrogen and oxygen atoms in total. The molecule has 3 rings (SSSR count). The molecule has 1 saturated heterocycles. The van der Waals surface area contributed by atoms with E-state index in [1.807, 2.05) is 0 Å². The van der Waals surface area contributed by atoms with Crippen molar-refractivity contribution < 1.29 is 18.0 Å². The van der Waals surface area contributed by atoms with E-state index in [1.54, 1.807) is 47.6 Å². The Kier molecular flexibility index (Phi) is 5.58. The summed E-state index contributed by atoms with van der Waals surface area (Å²) in [5, 5.41) is 5.46. The largest absolute Gasteiger partial charge is 0.405 e. The smallest absolute Gasteiger partial charge is 0.350 e. The molecule has 2 aromatic rings. The first kappa shape index (κ1) is 18.4. The van der Waals surface area contributed by atoms with Crippen LogP contribution in [0.5, 0.6) is 0 Å². The lowest BCUT2D eigenvalue weighted by atomic mass is 10.1. The number of nitrogens with zero attached hydrogens (tertiary/aromatic N) is 3. The van der Waals surface area contributed by atoms with Gasteiger partial charge in [-0.15, -0.1) is 0 Å². The van der Waals surface area contributed by atoms with E-state index in [9.17, 15) is 18.0 Å². The molecule has 0 spiro atoms. The maximum atomic E-state index is 13.4. The van der Waals surface area contributed by atoms with Gasteiger partial charge in [0, 0.05) is 56.4 Å². The highest BCUT2D eigenvalue weighted by Crippen LogP contribution is 2.25. The predicted molar refractivity (Wildman–Crippen MR) is 90.2 cm³/mol. The van der Waals surface area contributed by atoms with E-state index >= 15 is 0 Å². The van der Waals surface area contributed by atoms with Crippen LogP contribution in [0.4, 0.5) is 13.2 Å². The fraction of sp³-hybridized carbons (Fsp3) is 0.412. The van der Waals surface area contributed by atoms with Crippen LogP contribution in [0.3, 0.4) is 0 Å². The van der Waals surface area contributed by atoms with Gasteiger partial charge in [0.15, 0.2) is 0 Å². The summed E-state index contributed by atoms with van der Waals surface area (Å²) in [6, 6.07) is 4.97. The second-order valence-corrected chi connectivity index (χ2v) is 6.07. The molecule has 1 amide bonds. The number of piperazine rings is 1. The van der Waals surface area contributed by atoms with Gasteiger partial charge in [0.05, 0.1) is 6.33 Å². The van der Waals surface area contributed by atoms with Crippen molar-refractivity contribution in [3.63, 3.8) is 0 Å². The molecule has 1 aliphatic heterocycles. The Balaban J connectivity index is 1.67. The topological polar surface area (TPSA) is 62.2 Å². The molecule has 1 fully saturated rings. The minimum atomic E-state index is -4.40. The van der Waals surface area contributed by atoms with Crippen LogP contribution < -0.4 is 10.6 Å². The van der Waals surface area contributed by atoms with Crippen molar-refractivity contribution in [3.05, 3.63) is 48.5 Å². The second kappa shape index (κ2) is 7.88. The van der Waals surface area contributed by atoms with Crippen LogP contribution in [0.15, 0.2) is 43.0 Å². The Labute approximate surface area is 149 Å². The summed E-state index contributed by atoms with van der Waals surface area (Å²) < 4.78 is 41.9. The minimum absolute atomic E-state index is 0.302. The summed E-state index contributed by atoms with van der Waals surface area (Å²) >= 11 is 0. The fourth-order valence-electron chi connectivity index (χ4n) is 2.96. The van der Waals surface area contributed by atoms with Gasteiger partial charge in [-0.05, 0) is 18.2 Å². The molecular formula is C17H20F3N5O. The van der Waals surface area contributed by atoms with E-state index in [0.717, 1.165) is 0 Å². The Bertz CT molecular complexity index is 726. The van der Waals surface area contributed by atoms with Crippen molar-refractivity contribution in [1.82, 2.24) is 25.1 Å². The number of aromatic nitrogens is 2. The van der Waals surface area contributed by atoms with Crippen molar-refractivity contribution >= 4 is 5.91 Å². The Morgan fingerprint density at radius 2 is 2.08 bits per heavy atom.